The number of benzene rings is 3. The number of hydrogen-bond donors (Lipinski definition) is 1. The second-order valence-electron chi connectivity index (χ2n) is 7.27. The van der Waals surface area contributed by atoms with Crippen LogP contribution in [0.15, 0.2) is 66.7 Å². The van der Waals surface area contributed by atoms with E-state index in [1.807, 2.05) is 36.4 Å². The van der Waals surface area contributed by atoms with Gasteiger partial charge in [-0.25, -0.2) is 4.39 Å². The maximum absolute atomic E-state index is 13.1. The van der Waals surface area contributed by atoms with Gasteiger partial charge in [-0.1, -0.05) is 70.7 Å². The summed E-state index contributed by atoms with van der Waals surface area (Å²) in [4.78, 5) is 16.2. The molecule has 174 valence electrons. The van der Waals surface area contributed by atoms with Gasteiger partial charge < -0.3 is 14.9 Å². The number of anilines is 1. The van der Waals surface area contributed by atoms with E-state index in [4.69, 9.17) is 46.4 Å². The number of aliphatic hydroxyl groups is 1. The summed E-state index contributed by atoms with van der Waals surface area (Å²) in [6.07, 6.45) is -1.42. The highest BCUT2D eigenvalue weighted by Gasteiger charge is 2.29. The maximum Gasteiger partial charge on any atom is 0.256 e. The third-order valence-electron chi connectivity index (χ3n) is 5.07. The van der Waals surface area contributed by atoms with E-state index >= 15 is 0 Å². The van der Waals surface area contributed by atoms with E-state index in [-0.39, 0.29) is 10.6 Å². The number of nitrogens with zero attached hydrogens (tertiary/aromatic N) is 2. The molecule has 1 aliphatic heterocycles. The Morgan fingerprint density at radius 2 is 1.48 bits per heavy atom. The molecule has 9 heteroatoms. The second kappa shape index (κ2) is 11.9. The first kappa shape index (κ1) is 25.6. The number of rotatable bonds is 3. The van der Waals surface area contributed by atoms with E-state index < -0.39 is 17.8 Å². The van der Waals surface area contributed by atoms with Crippen LogP contribution in [-0.2, 0) is 4.79 Å². The van der Waals surface area contributed by atoms with Gasteiger partial charge >= 0.3 is 0 Å². The standard InChI is InChI=1S/C18H16Cl3FN2O2.C6H5Cl/c19-11-1-4-16(15(21)9-11)23-5-7-24(8-6-23)18(26)17(25)13-3-2-12(22)10-14(13)20;7-6-4-2-1-3-5-6/h1-4,9-10,17,25H,5-8H2;1-5H. The van der Waals surface area contributed by atoms with Crippen LogP contribution in [0.4, 0.5) is 10.1 Å². The molecule has 0 saturated carbocycles. The van der Waals surface area contributed by atoms with Crippen molar-refractivity contribution in [2.24, 2.45) is 0 Å². The lowest BCUT2D eigenvalue weighted by Gasteiger charge is -2.37. The van der Waals surface area contributed by atoms with Gasteiger partial charge in [0.25, 0.3) is 5.91 Å². The molecule has 0 spiro atoms. The zero-order valence-corrected chi connectivity index (χ0v) is 20.4. The van der Waals surface area contributed by atoms with Crippen molar-refractivity contribution in [3.05, 3.63) is 98.2 Å². The Hall–Kier alpha value is -2.02. The van der Waals surface area contributed by atoms with Crippen LogP contribution in [0.25, 0.3) is 0 Å². The van der Waals surface area contributed by atoms with Crippen molar-refractivity contribution in [3.63, 3.8) is 0 Å². The first-order chi connectivity index (χ1) is 15.8. The average molecular weight is 530 g/mol. The normalized spacial score (nSPS) is 14.4. The lowest BCUT2D eigenvalue weighted by molar-refractivity contribution is -0.140. The quantitative estimate of drug-likeness (QED) is 0.420. The van der Waals surface area contributed by atoms with Gasteiger partial charge in [0.05, 0.1) is 10.7 Å². The van der Waals surface area contributed by atoms with Gasteiger partial charge in [-0.15, -0.1) is 0 Å². The molecule has 1 aliphatic rings. The van der Waals surface area contributed by atoms with E-state index in [0.29, 0.717) is 36.2 Å². The highest BCUT2D eigenvalue weighted by Crippen LogP contribution is 2.30. The van der Waals surface area contributed by atoms with Crippen LogP contribution in [0.3, 0.4) is 0 Å². The fourth-order valence-corrected chi connectivity index (χ4v) is 4.29. The summed E-state index contributed by atoms with van der Waals surface area (Å²) in [6, 6.07) is 18.3. The fraction of sp³-hybridized carbons (Fsp3) is 0.208. The molecule has 1 heterocycles. The zero-order chi connectivity index (χ0) is 24.0. The van der Waals surface area contributed by atoms with Gasteiger partial charge in [0, 0.05) is 46.8 Å². The molecule has 0 aromatic heterocycles. The topological polar surface area (TPSA) is 43.8 Å². The van der Waals surface area contributed by atoms with Crippen molar-refractivity contribution in [1.29, 1.82) is 0 Å². The van der Waals surface area contributed by atoms with Crippen molar-refractivity contribution in [3.8, 4) is 0 Å². The Morgan fingerprint density at radius 3 is 2.03 bits per heavy atom. The van der Waals surface area contributed by atoms with Gasteiger partial charge in [0.15, 0.2) is 6.10 Å². The number of hydrogen-bond acceptors (Lipinski definition) is 3. The molecule has 3 aromatic rings. The van der Waals surface area contributed by atoms with E-state index in [1.165, 1.54) is 6.07 Å². The van der Waals surface area contributed by atoms with Gasteiger partial charge in [-0.2, -0.15) is 0 Å². The monoisotopic (exact) mass is 528 g/mol. The summed E-state index contributed by atoms with van der Waals surface area (Å²) in [5.74, 6) is -0.979. The summed E-state index contributed by atoms with van der Waals surface area (Å²) < 4.78 is 13.1. The predicted octanol–water partition coefficient (Wildman–Crippen LogP) is 6.51. The number of piperazine rings is 1. The van der Waals surface area contributed by atoms with Crippen molar-refractivity contribution in [2.45, 2.75) is 6.10 Å². The van der Waals surface area contributed by atoms with E-state index in [2.05, 4.69) is 4.90 Å². The van der Waals surface area contributed by atoms with Gasteiger partial charge in [0.1, 0.15) is 5.82 Å². The van der Waals surface area contributed by atoms with Crippen LogP contribution in [-0.4, -0.2) is 42.1 Å². The highest BCUT2D eigenvalue weighted by molar-refractivity contribution is 6.36. The Kier molecular flexibility index (Phi) is 9.24. The highest BCUT2D eigenvalue weighted by atomic mass is 35.5. The molecule has 33 heavy (non-hydrogen) atoms. The van der Waals surface area contributed by atoms with Crippen LogP contribution in [0.2, 0.25) is 20.1 Å². The number of carbonyl (C=O) groups is 1. The number of halogens is 5. The van der Waals surface area contributed by atoms with Gasteiger partial charge in [-0.3, -0.25) is 4.79 Å². The number of aliphatic hydroxyl groups excluding tert-OH is 1. The minimum atomic E-state index is -1.42. The number of carbonyl (C=O) groups excluding carboxylic acids is 1. The van der Waals surface area contributed by atoms with Crippen LogP contribution in [0, 0.1) is 5.82 Å². The van der Waals surface area contributed by atoms with Crippen LogP contribution >= 0.6 is 46.4 Å². The van der Waals surface area contributed by atoms with Crippen molar-refractivity contribution in [2.75, 3.05) is 31.1 Å². The first-order valence-electron chi connectivity index (χ1n) is 10.1. The minimum Gasteiger partial charge on any atom is -0.378 e. The Balaban J connectivity index is 0.000000374. The smallest absolute Gasteiger partial charge is 0.256 e. The molecule has 3 aromatic carbocycles. The minimum absolute atomic E-state index is 0.0254. The predicted molar refractivity (Wildman–Crippen MR) is 133 cm³/mol. The molecule has 0 aliphatic carbocycles. The van der Waals surface area contributed by atoms with Crippen molar-refractivity contribution >= 4 is 58.0 Å². The van der Waals surface area contributed by atoms with E-state index in [0.717, 1.165) is 22.8 Å². The van der Waals surface area contributed by atoms with E-state index in [1.54, 1.807) is 17.0 Å². The average Bonchev–Trinajstić information content (AvgIpc) is 2.79. The summed E-state index contributed by atoms with van der Waals surface area (Å²) in [5, 5.41) is 12.3. The van der Waals surface area contributed by atoms with Crippen LogP contribution in [0.1, 0.15) is 11.7 Å². The Morgan fingerprint density at radius 1 is 0.818 bits per heavy atom. The molecule has 0 bridgehead atoms. The summed E-state index contributed by atoms with van der Waals surface area (Å²) >= 11 is 23.6. The summed E-state index contributed by atoms with van der Waals surface area (Å²) in [5.41, 5.74) is 1.05. The Bertz CT molecular complexity index is 1090. The van der Waals surface area contributed by atoms with Gasteiger partial charge in [-0.05, 0) is 42.5 Å². The SMILES string of the molecule is Clc1ccccc1.O=C(C(O)c1ccc(F)cc1Cl)N1CCN(c2ccc(Cl)cc2Cl)CC1. The summed E-state index contributed by atoms with van der Waals surface area (Å²) in [7, 11) is 0. The molecule has 1 atom stereocenters. The van der Waals surface area contributed by atoms with Crippen molar-refractivity contribution < 1.29 is 14.3 Å². The van der Waals surface area contributed by atoms with Crippen molar-refractivity contribution in [1.82, 2.24) is 4.90 Å². The first-order valence-corrected chi connectivity index (χ1v) is 11.6. The molecule has 0 radical (unpaired) electrons. The third kappa shape index (κ3) is 6.98. The zero-order valence-electron chi connectivity index (χ0n) is 17.4. The molecule has 1 saturated heterocycles. The molecule has 1 amide bonds. The Labute approximate surface area is 212 Å². The molecule has 4 nitrogen and oxygen atoms in total. The lowest BCUT2D eigenvalue weighted by Crippen LogP contribution is -2.50. The third-order valence-corrected chi connectivity index (χ3v) is 6.18. The molecule has 1 N–H and O–H groups in total. The number of amides is 1. The maximum atomic E-state index is 13.1. The van der Waals surface area contributed by atoms with Gasteiger partial charge in [0.2, 0.25) is 0 Å². The molecule has 1 fully saturated rings. The largest absolute Gasteiger partial charge is 0.378 e. The van der Waals surface area contributed by atoms with Crippen LogP contribution in [0.5, 0.6) is 0 Å². The second-order valence-corrected chi connectivity index (χ2v) is 8.96. The lowest BCUT2D eigenvalue weighted by atomic mass is 10.1. The molecular weight excluding hydrogens is 509 g/mol. The van der Waals surface area contributed by atoms with E-state index in [9.17, 15) is 14.3 Å². The fourth-order valence-electron chi connectivity index (χ4n) is 3.35. The van der Waals surface area contributed by atoms with Crippen LogP contribution < -0.4 is 4.90 Å². The molecule has 4 rings (SSSR count). The molecular formula is C24H21Cl4FN2O2. The molecule has 1 unspecified atom stereocenters. The summed E-state index contributed by atoms with van der Waals surface area (Å²) in [6.45, 7) is 1.98.